The number of rotatable bonds is 9. The Bertz CT molecular complexity index is 968. The largest absolute Gasteiger partial charge is 0.480 e. The number of carbonyl (C=O) groups is 3. The molecule has 0 aromatic heterocycles. The van der Waals surface area contributed by atoms with Crippen LogP contribution >= 0.6 is 11.8 Å². The fourth-order valence-corrected chi connectivity index (χ4v) is 4.13. The topological polar surface area (TPSA) is 119 Å². The number of hydrogen-bond acceptors (Lipinski definition) is 6. The van der Waals surface area contributed by atoms with Gasteiger partial charge in [-0.25, -0.2) is 9.80 Å². The molecule has 1 heterocycles. The second-order valence-electron chi connectivity index (χ2n) is 7.07. The van der Waals surface area contributed by atoms with Crippen molar-refractivity contribution in [3.63, 3.8) is 0 Å². The summed E-state index contributed by atoms with van der Waals surface area (Å²) in [6.07, 6.45) is 0.811. The summed E-state index contributed by atoms with van der Waals surface area (Å²) < 4.78 is 0. The predicted molar refractivity (Wildman–Crippen MR) is 118 cm³/mol. The van der Waals surface area contributed by atoms with Crippen LogP contribution in [0.5, 0.6) is 0 Å². The lowest BCUT2D eigenvalue weighted by Gasteiger charge is -2.24. The Morgan fingerprint density at radius 2 is 1.68 bits per heavy atom. The molecule has 31 heavy (non-hydrogen) atoms. The van der Waals surface area contributed by atoms with E-state index < -0.39 is 35.3 Å². The van der Waals surface area contributed by atoms with Crippen molar-refractivity contribution in [3.05, 3.63) is 71.8 Å². The van der Waals surface area contributed by atoms with Gasteiger partial charge in [-0.05, 0) is 25.3 Å². The highest BCUT2D eigenvalue weighted by atomic mass is 32.2. The number of carbonyl (C=O) groups excluding carboxylic acids is 1. The van der Waals surface area contributed by atoms with Crippen LogP contribution in [0.1, 0.15) is 24.5 Å². The van der Waals surface area contributed by atoms with Gasteiger partial charge < -0.3 is 10.2 Å². The van der Waals surface area contributed by atoms with Crippen LogP contribution < -0.4 is 5.32 Å². The van der Waals surface area contributed by atoms with Gasteiger partial charge in [0.2, 0.25) is 5.37 Å². The standard InChI is InChI=1S/C22H23N3O5S/c1-14(23-17(21(27)28)13-12-15-8-4-2-5-9-15)19(26)25-20(22(29)30)31-18(24-25)16-10-6-3-7-11-16/h2-11,14,17,20,23H,12-13H2,1H3,(H,27,28)(H,29,30)/t14-,17-,20-/m0/s1. The first-order valence-electron chi connectivity index (χ1n) is 9.76. The first-order chi connectivity index (χ1) is 14.9. The van der Waals surface area contributed by atoms with Gasteiger partial charge in [-0.3, -0.25) is 14.9 Å². The molecule has 1 aliphatic heterocycles. The number of nitrogens with one attached hydrogen (secondary N) is 1. The van der Waals surface area contributed by atoms with Gasteiger partial charge in [-0.2, -0.15) is 5.10 Å². The van der Waals surface area contributed by atoms with E-state index in [2.05, 4.69) is 10.4 Å². The van der Waals surface area contributed by atoms with Crippen LogP contribution in [0.15, 0.2) is 65.8 Å². The van der Waals surface area contributed by atoms with Crippen molar-refractivity contribution < 1.29 is 24.6 Å². The molecule has 0 unspecified atom stereocenters. The predicted octanol–water partition coefficient (Wildman–Crippen LogP) is 2.40. The number of aliphatic carboxylic acids is 2. The summed E-state index contributed by atoms with van der Waals surface area (Å²) in [7, 11) is 0. The van der Waals surface area contributed by atoms with Crippen molar-refractivity contribution in [2.24, 2.45) is 5.10 Å². The van der Waals surface area contributed by atoms with Gasteiger partial charge in [0, 0.05) is 5.56 Å². The van der Waals surface area contributed by atoms with Crippen molar-refractivity contribution in [1.82, 2.24) is 10.3 Å². The normalized spacial score (nSPS) is 17.6. The average Bonchev–Trinajstić information content (AvgIpc) is 3.23. The third-order valence-corrected chi connectivity index (χ3v) is 5.95. The number of amides is 1. The number of hydrazone groups is 1. The summed E-state index contributed by atoms with van der Waals surface area (Å²) in [5.74, 6) is -2.87. The molecule has 2 aromatic rings. The maximum Gasteiger partial charge on any atom is 0.339 e. The Kier molecular flexibility index (Phi) is 7.43. The van der Waals surface area contributed by atoms with Crippen molar-refractivity contribution in [2.45, 2.75) is 37.2 Å². The zero-order valence-electron chi connectivity index (χ0n) is 16.8. The third-order valence-electron chi connectivity index (χ3n) is 4.79. The molecule has 0 bridgehead atoms. The fraction of sp³-hybridized carbons (Fsp3) is 0.273. The Morgan fingerprint density at radius 3 is 2.26 bits per heavy atom. The molecule has 0 fully saturated rings. The summed E-state index contributed by atoms with van der Waals surface area (Å²) in [6, 6.07) is 16.6. The molecule has 3 N–H and O–H groups in total. The molecule has 1 amide bonds. The van der Waals surface area contributed by atoms with Crippen LogP contribution in [0.2, 0.25) is 0 Å². The highest BCUT2D eigenvalue weighted by Gasteiger charge is 2.40. The van der Waals surface area contributed by atoms with Crippen molar-refractivity contribution in [2.75, 3.05) is 0 Å². The molecule has 0 saturated carbocycles. The Hall–Kier alpha value is -3.17. The van der Waals surface area contributed by atoms with E-state index in [1.165, 1.54) is 6.92 Å². The molecule has 0 radical (unpaired) electrons. The molecule has 9 heteroatoms. The van der Waals surface area contributed by atoms with E-state index in [1.807, 2.05) is 36.4 Å². The SMILES string of the molecule is C[C@H](N[C@@H](CCc1ccccc1)C(=O)O)C(=O)N1N=C(c2ccccc2)S[C@H]1C(=O)O. The van der Waals surface area contributed by atoms with Gasteiger partial charge in [0.15, 0.2) is 0 Å². The van der Waals surface area contributed by atoms with Crippen LogP contribution in [0, 0.1) is 0 Å². The van der Waals surface area contributed by atoms with E-state index in [4.69, 9.17) is 0 Å². The summed E-state index contributed by atoms with van der Waals surface area (Å²) in [5, 5.41) is 26.3. The van der Waals surface area contributed by atoms with Crippen LogP contribution in [-0.2, 0) is 20.8 Å². The van der Waals surface area contributed by atoms with E-state index >= 15 is 0 Å². The number of aryl methyl sites for hydroxylation is 1. The molecule has 0 aliphatic carbocycles. The second-order valence-corrected chi connectivity index (χ2v) is 8.13. The quantitative estimate of drug-likeness (QED) is 0.547. The first kappa shape index (κ1) is 22.5. The molecule has 2 aromatic carbocycles. The zero-order valence-corrected chi connectivity index (χ0v) is 17.7. The van der Waals surface area contributed by atoms with Crippen LogP contribution in [-0.4, -0.2) is 55.6 Å². The summed E-state index contributed by atoms with van der Waals surface area (Å²) in [5.41, 5.74) is 1.70. The molecule has 0 saturated heterocycles. The fourth-order valence-electron chi connectivity index (χ4n) is 3.16. The van der Waals surface area contributed by atoms with Crippen molar-refractivity contribution >= 4 is 34.7 Å². The van der Waals surface area contributed by atoms with Crippen LogP contribution in [0.3, 0.4) is 0 Å². The van der Waals surface area contributed by atoms with E-state index in [-0.39, 0.29) is 6.42 Å². The third kappa shape index (κ3) is 5.71. The van der Waals surface area contributed by atoms with Crippen molar-refractivity contribution in [3.8, 4) is 0 Å². The number of benzene rings is 2. The average molecular weight is 442 g/mol. The minimum Gasteiger partial charge on any atom is -0.480 e. The lowest BCUT2D eigenvalue weighted by molar-refractivity contribution is -0.147. The lowest BCUT2D eigenvalue weighted by atomic mass is 10.0. The molecule has 3 rings (SSSR count). The molecule has 162 valence electrons. The Labute approximate surface area is 184 Å². The van der Waals surface area contributed by atoms with Gasteiger partial charge in [0.25, 0.3) is 5.91 Å². The van der Waals surface area contributed by atoms with E-state index in [1.54, 1.807) is 24.3 Å². The van der Waals surface area contributed by atoms with Gasteiger partial charge in [0.1, 0.15) is 11.1 Å². The minimum atomic E-state index is -1.21. The maximum absolute atomic E-state index is 13.0. The lowest BCUT2D eigenvalue weighted by Crippen LogP contribution is -2.51. The van der Waals surface area contributed by atoms with Crippen LogP contribution in [0.4, 0.5) is 0 Å². The van der Waals surface area contributed by atoms with Crippen molar-refractivity contribution in [1.29, 1.82) is 0 Å². The van der Waals surface area contributed by atoms with Gasteiger partial charge in [-0.1, -0.05) is 72.4 Å². The van der Waals surface area contributed by atoms with Crippen LogP contribution in [0.25, 0.3) is 0 Å². The summed E-state index contributed by atoms with van der Waals surface area (Å²) in [4.78, 5) is 36.4. The second kappa shape index (κ2) is 10.2. The highest BCUT2D eigenvalue weighted by molar-refractivity contribution is 8.15. The minimum absolute atomic E-state index is 0.284. The highest BCUT2D eigenvalue weighted by Crippen LogP contribution is 2.30. The molecular weight excluding hydrogens is 418 g/mol. The summed E-state index contributed by atoms with van der Waals surface area (Å²) in [6.45, 7) is 1.51. The number of carboxylic acid groups (broad SMARTS) is 2. The number of thioether (sulfide) groups is 1. The van der Waals surface area contributed by atoms with E-state index in [9.17, 15) is 24.6 Å². The Balaban J connectivity index is 1.70. The molecule has 8 nitrogen and oxygen atoms in total. The number of hydrogen-bond donors (Lipinski definition) is 3. The van der Waals surface area contributed by atoms with Gasteiger partial charge in [0.05, 0.1) is 6.04 Å². The van der Waals surface area contributed by atoms with Gasteiger partial charge in [-0.15, -0.1) is 0 Å². The zero-order chi connectivity index (χ0) is 22.4. The maximum atomic E-state index is 13.0. The van der Waals surface area contributed by atoms with E-state index in [0.717, 1.165) is 22.3 Å². The molecule has 0 spiro atoms. The molecule has 1 aliphatic rings. The molecule has 3 atom stereocenters. The first-order valence-corrected chi connectivity index (χ1v) is 10.6. The number of carboxylic acids is 2. The smallest absolute Gasteiger partial charge is 0.339 e. The number of nitrogens with zero attached hydrogens (tertiary/aromatic N) is 2. The molecular formula is C22H23N3O5S. The summed E-state index contributed by atoms with van der Waals surface area (Å²) >= 11 is 0.970. The Morgan fingerprint density at radius 1 is 1.06 bits per heavy atom. The monoisotopic (exact) mass is 441 g/mol. The van der Waals surface area contributed by atoms with Gasteiger partial charge >= 0.3 is 11.9 Å². The van der Waals surface area contributed by atoms with E-state index in [0.29, 0.717) is 17.0 Å².